The van der Waals surface area contributed by atoms with Gasteiger partial charge < -0.3 is 0 Å². The van der Waals surface area contributed by atoms with Crippen LogP contribution in [-0.2, 0) is 0 Å². The van der Waals surface area contributed by atoms with Crippen molar-refractivity contribution >= 4 is 5.96 Å². The quantitative estimate of drug-likeness (QED) is 0.219. The Hall–Kier alpha value is -0.730. The van der Waals surface area contributed by atoms with E-state index < -0.39 is 0 Å². The predicted octanol–water partition coefficient (Wildman–Crippen LogP) is 3.99. The molecule has 0 amide bonds. The maximum atomic E-state index is 5.78. The van der Waals surface area contributed by atoms with E-state index in [4.69, 9.17) is 11.5 Å². The van der Waals surface area contributed by atoms with Gasteiger partial charge >= 0.3 is 5.96 Å². The second-order valence-electron chi connectivity index (χ2n) is 5.95. The zero-order valence-corrected chi connectivity index (χ0v) is 14.0. The van der Waals surface area contributed by atoms with Gasteiger partial charge in [-0.2, -0.15) is 0 Å². The van der Waals surface area contributed by atoms with Crippen molar-refractivity contribution in [3.63, 3.8) is 0 Å². The molecule has 0 aromatic rings. The van der Waals surface area contributed by atoms with Crippen LogP contribution in [0.2, 0.25) is 0 Å². The van der Waals surface area contributed by atoms with Gasteiger partial charge in [-0.1, -0.05) is 78.1 Å². The second kappa shape index (κ2) is 14.7. The first-order valence-corrected chi connectivity index (χ1v) is 8.85. The van der Waals surface area contributed by atoms with Crippen molar-refractivity contribution in [2.75, 3.05) is 13.1 Å². The summed E-state index contributed by atoms with van der Waals surface area (Å²) in [6.07, 6.45) is 15.9. The molecule has 0 bridgehead atoms. The molecule has 3 heteroatoms. The Labute approximate surface area is 126 Å². The lowest BCUT2D eigenvalue weighted by atomic mass is 10.1. The Morgan fingerprint density at radius 1 is 0.600 bits per heavy atom. The third-order valence-electron chi connectivity index (χ3n) is 3.93. The highest BCUT2D eigenvalue weighted by atomic mass is 15.1. The summed E-state index contributed by atoms with van der Waals surface area (Å²) in [5.74, 6) is 0.507. The summed E-state index contributed by atoms with van der Waals surface area (Å²) in [5, 5.41) is 0. The largest absolute Gasteiger partial charge is 0.341 e. The molecule has 0 aromatic heterocycles. The molecular formula is C17H38N3+. The first kappa shape index (κ1) is 19.3. The highest BCUT2D eigenvalue weighted by Crippen LogP contribution is 2.07. The van der Waals surface area contributed by atoms with E-state index in [1.54, 1.807) is 0 Å². The van der Waals surface area contributed by atoms with Crippen molar-refractivity contribution < 1.29 is 4.58 Å². The van der Waals surface area contributed by atoms with Gasteiger partial charge in [0.25, 0.3) is 0 Å². The van der Waals surface area contributed by atoms with Crippen molar-refractivity contribution in [2.45, 2.75) is 90.9 Å². The summed E-state index contributed by atoms with van der Waals surface area (Å²) in [7, 11) is 0. The van der Waals surface area contributed by atoms with Crippen LogP contribution in [0, 0.1) is 0 Å². The van der Waals surface area contributed by atoms with E-state index in [2.05, 4.69) is 18.4 Å². The molecule has 4 N–H and O–H groups in total. The van der Waals surface area contributed by atoms with Gasteiger partial charge in [-0.15, -0.1) is 0 Å². The van der Waals surface area contributed by atoms with E-state index >= 15 is 0 Å². The number of unbranched alkanes of at least 4 members (excludes halogenated alkanes) is 10. The van der Waals surface area contributed by atoms with Crippen molar-refractivity contribution in [3.8, 4) is 0 Å². The first-order chi connectivity index (χ1) is 9.72. The van der Waals surface area contributed by atoms with Crippen molar-refractivity contribution in [1.82, 2.24) is 0 Å². The maximum absolute atomic E-state index is 5.78. The van der Waals surface area contributed by atoms with Gasteiger partial charge in [-0.3, -0.25) is 16.0 Å². The van der Waals surface area contributed by atoms with Crippen molar-refractivity contribution in [1.29, 1.82) is 0 Å². The molecule has 0 saturated heterocycles. The molecule has 0 radical (unpaired) electrons. The average molecular weight is 285 g/mol. The van der Waals surface area contributed by atoms with Crippen LogP contribution in [0.4, 0.5) is 0 Å². The Morgan fingerprint density at radius 3 is 1.30 bits per heavy atom. The Morgan fingerprint density at radius 2 is 0.950 bits per heavy atom. The summed E-state index contributed by atoms with van der Waals surface area (Å²) in [4.78, 5) is 0. The van der Waals surface area contributed by atoms with Gasteiger partial charge in [-0.05, 0) is 12.8 Å². The monoisotopic (exact) mass is 284 g/mol. The minimum Gasteiger partial charge on any atom is -0.291 e. The van der Waals surface area contributed by atoms with Crippen molar-refractivity contribution in [3.05, 3.63) is 0 Å². The normalized spacial score (nSPS) is 10.7. The summed E-state index contributed by atoms with van der Waals surface area (Å²) in [6.45, 7) is 6.57. The summed E-state index contributed by atoms with van der Waals surface area (Å²) < 4.78 is 2.17. The van der Waals surface area contributed by atoms with Gasteiger partial charge in [0.05, 0.1) is 13.1 Å². The molecular weight excluding hydrogens is 246 g/mol. The summed E-state index contributed by atoms with van der Waals surface area (Å²) >= 11 is 0. The van der Waals surface area contributed by atoms with E-state index in [9.17, 15) is 0 Å². The highest BCUT2D eigenvalue weighted by Gasteiger charge is 2.04. The molecule has 0 rings (SSSR count). The maximum Gasteiger partial charge on any atom is 0.341 e. The second-order valence-corrected chi connectivity index (χ2v) is 5.95. The van der Waals surface area contributed by atoms with Crippen LogP contribution in [0.15, 0.2) is 0 Å². The minimum absolute atomic E-state index is 0.507. The zero-order valence-electron chi connectivity index (χ0n) is 14.0. The Bertz CT molecular complexity index is 214. The van der Waals surface area contributed by atoms with E-state index in [1.165, 1.54) is 77.0 Å². The number of hydrogen-bond acceptors (Lipinski definition) is 0. The third kappa shape index (κ3) is 12.3. The Balaban J connectivity index is 3.60. The van der Waals surface area contributed by atoms with Gasteiger partial charge in [-0.25, -0.2) is 0 Å². The van der Waals surface area contributed by atoms with E-state index in [0.29, 0.717) is 5.96 Å². The number of nitrogens with two attached hydrogens (primary N) is 2. The molecule has 0 aliphatic heterocycles. The van der Waals surface area contributed by atoms with E-state index in [1.807, 2.05) is 0 Å². The SMILES string of the molecule is CCCCCCCC[N+](CCCCCCCC)=C(N)N. The smallest absolute Gasteiger partial charge is 0.291 e. The molecule has 0 aliphatic carbocycles. The lowest BCUT2D eigenvalue weighted by Gasteiger charge is -2.09. The van der Waals surface area contributed by atoms with Crippen LogP contribution >= 0.6 is 0 Å². The van der Waals surface area contributed by atoms with Crippen LogP contribution in [0.1, 0.15) is 90.9 Å². The van der Waals surface area contributed by atoms with E-state index in [-0.39, 0.29) is 0 Å². The number of hydrogen-bond donors (Lipinski definition) is 2. The molecule has 0 atom stereocenters. The number of guanidine groups is 1. The molecule has 0 spiro atoms. The molecule has 0 fully saturated rings. The van der Waals surface area contributed by atoms with Crippen LogP contribution < -0.4 is 11.5 Å². The van der Waals surface area contributed by atoms with Crippen LogP contribution in [-0.4, -0.2) is 23.6 Å². The first-order valence-electron chi connectivity index (χ1n) is 8.85. The average Bonchev–Trinajstić information content (AvgIpc) is 2.43. The minimum atomic E-state index is 0.507. The lowest BCUT2D eigenvalue weighted by molar-refractivity contribution is -0.530. The van der Waals surface area contributed by atoms with E-state index in [0.717, 1.165) is 13.1 Å². The number of nitrogens with zero attached hydrogens (tertiary/aromatic N) is 1. The fraction of sp³-hybridized carbons (Fsp3) is 0.941. The fourth-order valence-corrected chi connectivity index (χ4v) is 2.54. The van der Waals surface area contributed by atoms with Crippen LogP contribution in [0.3, 0.4) is 0 Å². The summed E-state index contributed by atoms with van der Waals surface area (Å²) in [6, 6.07) is 0. The molecule has 0 unspecified atom stereocenters. The van der Waals surface area contributed by atoms with Gasteiger partial charge in [0.15, 0.2) is 0 Å². The molecule has 0 heterocycles. The van der Waals surface area contributed by atoms with Crippen LogP contribution in [0.5, 0.6) is 0 Å². The molecule has 120 valence electrons. The molecule has 0 aromatic carbocycles. The molecule has 0 saturated carbocycles. The number of rotatable bonds is 14. The van der Waals surface area contributed by atoms with Gasteiger partial charge in [0.1, 0.15) is 0 Å². The Kier molecular flexibility index (Phi) is 14.1. The fourth-order valence-electron chi connectivity index (χ4n) is 2.54. The van der Waals surface area contributed by atoms with Gasteiger partial charge in [0.2, 0.25) is 0 Å². The predicted molar refractivity (Wildman–Crippen MR) is 90.1 cm³/mol. The molecule has 20 heavy (non-hydrogen) atoms. The van der Waals surface area contributed by atoms with Gasteiger partial charge in [0, 0.05) is 0 Å². The molecule has 0 aliphatic rings. The highest BCUT2D eigenvalue weighted by molar-refractivity contribution is 5.70. The van der Waals surface area contributed by atoms with Crippen molar-refractivity contribution in [2.24, 2.45) is 11.5 Å². The van der Waals surface area contributed by atoms with Crippen LogP contribution in [0.25, 0.3) is 0 Å². The summed E-state index contributed by atoms with van der Waals surface area (Å²) in [5.41, 5.74) is 11.6. The zero-order chi connectivity index (χ0) is 15.1. The third-order valence-corrected chi connectivity index (χ3v) is 3.93. The standard InChI is InChI=1S/C17H37N3/c1-3-5-7-9-11-13-15-20(17(18)19)16-14-12-10-8-6-4-2/h3-16H2,1-2H3,(H3,18,19)/p+1. The topological polar surface area (TPSA) is 55.0 Å². The molecule has 3 nitrogen and oxygen atoms in total. The lowest BCUT2D eigenvalue weighted by Crippen LogP contribution is -2.37.